The van der Waals surface area contributed by atoms with Gasteiger partial charge in [-0.05, 0) is 25.7 Å². The van der Waals surface area contributed by atoms with E-state index in [9.17, 15) is 13.2 Å². The van der Waals surface area contributed by atoms with Crippen LogP contribution in [0.5, 0.6) is 0 Å². The summed E-state index contributed by atoms with van der Waals surface area (Å²) in [5.74, 6) is -2.74. The topological polar surface area (TPSA) is 26.0 Å². The van der Waals surface area contributed by atoms with Crippen molar-refractivity contribution in [2.24, 2.45) is 5.73 Å². The van der Waals surface area contributed by atoms with Crippen LogP contribution in [-0.2, 0) is 0 Å². The first-order chi connectivity index (χ1) is 8.59. The summed E-state index contributed by atoms with van der Waals surface area (Å²) in [5, 5.41) is 0. The molecule has 18 heavy (non-hydrogen) atoms. The Balaban J connectivity index is 2.33. The summed E-state index contributed by atoms with van der Waals surface area (Å²) in [6.07, 6.45) is 6.74. The summed E-state index contributed by atoms with van der Waals surface area (Å²) in [6.45, 7) is 0. The van der Waals surface area contributed by atoms with Crippen LogP contribution in [0.3, 0.4) is 0 Å². The van der Waals surface area contributed by atoms with Crippen molar-refractivity contribution in [3.8, 4) is 0 Å². The third-order valence-electron chi connectivity index (χ3n) is 3.33. The van der Waals surface area contributed by atoms with Gasteiger partial charge in [0.15, 0.2) is 0 Å². The molecule has 0 radical (unpaired) electrons. The Bertz CT molecular complexity index is 445. The third-order valence-corrected chi connectivity index (χ3v) is 3.33. The van der Waals surface area contributed by atoms with Crippen LogP contribution >= 0.6 is 0 Å². The summed E-state index contributed by atoms with van der Waals surface area (Å²) in [7, 11) is 0. The van der Waals surface area contributed by atoms with Crippen molar-refractivity contribution in [1.82, 2.24) is 0 Å². The molecule has 1 atom stereocenters. The number of rotatable bonds is 2. The van der Waals surface area contributed by atoms with Crippen molar-refractivity contribution in [3.05, 3.63) is 46.8 Å². The molecule has 1 aliphatic rings. The Morgan fingerprint density at radius 1 is 1.00 bits per heavy atom. The lowest BCUT2D eigenvalue weighted by atomic mass is 9.95. The highest BCUT2D eigenvalue weighted by Crippen LogP contribution is 2.30. The average Bonchev–Trinajstić information content (AvgIpc) is 2.55. The smallest absolute Gasteiger partial charge is 0.134 e. The zero-order chi connectivity index (χ0) is 13.1. The molecule has 0 aliphatic heterocycles. The third kappa shape index (κ3) is 2.75. The molecule has 1 aromatic carbocycles. The van der Waals surface area contributed by atoms with Gasteiger partial charge < -0.3 is 5.73 Å². The van der Waals surface area contributed by atoms with Crippen molar-refractivity contribution in [2.75, 3.05) is 0 Å². The van der Waals surface area contributed by atoms with Crippen LogP contribution in [0.25, 0.3) is 0 Å². The number of benzene rings is 1. The van der Waals surface area contributed by atoms with Gasteiger partial charge in [-0.2, -0.15) is 0 Å². The van der Waals surface area contributed by atoms with Gasteiger partial charge in [-0.25, -0.2) is 13.2 Å². The van der Waals surface area contributed by atoms with Crippen LogP contribution in [0, 0.1) is 17.5 Å². The maximum atomic E-state index is 13.6. The first kappa shape index (κ1) is 13.1. The van der Waals surface area contributed by atoms with E-state index in [1.54, 1.807) is 0 Å². The molecule has 1 unspecified atom stereocenters. The predicted octanol–water partition coefficient (Wildman–Crippen LogP) is 3.99. The number of hydrogen-bond donors (Lipinski definition) is 1. The minimum Gasteiger partial charge on any atom is -0.320 e. The Morgan fingerprint density at radius 2 is 1.67 bits per heavy atom. The lowest BCUT2D eigenvalue weighted by Gasteiger charge is -2.17. The molecule has 4 heteroatoms. The molecule has 2 N–H and O–H groups in total. The van der Waals surface area contributed by atoms with E-state index in [1.807, 2.05) is 6.08 Å². The molecular formula is C14H16F3N. The number of halogens is 3. The lowest BCUT2D eigenvalue weighted by molar-refractivity contribution is 0.510. The van der Waals surface area contributed by atoms with Crippen molar-refractivity contribution < 1.29 is 13.2 Å². The normalized spacial score (nSPS) is 18.1. The molecule has 0 amide bonds. The number of allylic oxidation sites excluding steroid dienone is 1. The molecule has 0 saturated heterocycles. The van der Waals surface area contributed by atoms with Gasteiger partial charge in [-0.15, -0.1) is 0 Å². The van der Waals surface area contributed by atoms with E-state index in [2.05, 4.69) is 0 Å². The Hall–Kier alpha value is -1.29. The van der Waals surface area contributed by atoms with Gasteiger partial charge in [0.25, 0.3) is 0 Å². The first-order valence-electron chi connectivity index (χ1n) is 6.18. The van der Waals surface area contributed by atoms with Crippen molar-refractivity contribution in [3.63, 3.8) is 0 Å². The van der Waals surface area contributed by atoms with Crippen LogP contribution < -0.4 is 5.73 Å². The van der Waals surface area contributed by atoms with Crippen LogP contribution in [0.15, 0.2) is 23.8 Å². The molecule has 1 aliphatic carbocycles. The zero-order valence-electron chi connectivity index (χ0n) is 10.1. The van der Waals surface area contributed by atoms with Crippen LogP contribution in [0.4, 0.5) is 13.2 Å². The van der Waals surface area contributed by atoms with E-state index >= 15 is 0 Å². The fourth-order valence-corrected chi connectivity index (χ4v) is 2.36. The van der Waals surface area contributed by atoms with Gasteiger partial charge in [0.1, 0.15) is 17.5 Å². The highest BCUT2D eigenvalue weighted by molar-refractivity contribution is 5.31. The molecule has 0 heterocycles. The number of nitrogens with two attached hydrogens (primary N) is 1. The summed E-state index contributed by atoms with van der Waals surface area (Å²) in [5.41, 5.74) is 6.53. The van der Waals surface area contributed by atoms with Crippen molar-refractivity contribution in [2.45, 2.75) is 38.1 Å². The molecule has 0 saturated carbocycles. The lowest BCUT2D eigenvalue weighted by Crippen LogP contribution is -2.17. The quantitative estimate of drug-likeness (QED) is 0.794. The van der Waals surface area contributed by atoms with Gasteiger partial charge in [0, 0.05) is 17.7 Å². The van der Waals surface area contributed by atoms with Crippen LogP contribution in [0.1, 0.15) is 43.7 Å². The molecule has 0 fully saturated rings. The van der Waals surface area contributed by atoms with Crippen molar-refractivity contribution >= 4 is 0 Å². The van der Waals surface area contributed by atoms with E-state index in [-0.39, 0.29) is 5.56 Å². The second-order valence-electron chi connectivity index (χ2n) is 4.64. The second-order valence-corrected chi connectivity index (χ2v) is 4.64. The maximum Gasteiger partial charge on any atom is 0.134 e. The molecule has 2 rings (SSSR count). The fraction of sp³-hybridized carbons (Fsp3) is 0.429. The second kappa shape index (κ2) is 5.57. The predicted molar refractivity (Wildman–Crippen MR) is 64.4 cm³/mol. The summed E-state index contributed by atoms with van der Waals surface area (Å²) < 4.78 is 40.1. The SMILES string of the molecule is NC(C1=CCCCCC1)c1c(F)cc(F)cc1F. The van der Waals surface area contributed by atoms with E-state index in [0.717, 1.165) is 37.7 Å². The molecular weight excluding hydrogens is 239 g/mol. The molecule has 1 aromatic rings. The molecule has 0 bridgehead atoms. The fourth-order valence-electron chi connectivity index (χ4n) is 2.36. The van der Waals surface area contributed by atoms with Crippen LogP contribution in [0.2, 0.25) is 0 Å². The minimum atomic E-state index is -0.921. The standard InChI is InChI=1S/C14H16F3N/c15-10-7-11(16)13(12(17)8-10)14(18)9-5-3-1-2-4-6-9/h5,7-8,14H,1-4,6,18H2. The summed E-state index contributed by atoms with van der Waals surface area (Å²) >= 11 is 0. The maximum absolute atomic E-state index is 13.6. The largest absolute Gasteiger partial charge is 0.320 e. The highest BCUT2D eigenvalue weighted by Gasteiger charge is 2.21. The van der Waals surface area contributed by atoms with Gasteiger partial charge in [0.2, 0.25) is 0 Å². The van der Waals surface area contributed by atoms with E-state index < -0.39 is 23.5 Å². The molecule has 0 spiro atoms. The number of hydrogen-bond acceptors (Lipinski definition) is 1. The Morgan fingerprint density at radius 3 is 2.33 bits per heavy atom. The molecule has 0 aromatic heterocycles. The summed E-state index contributed by atoms with van der Waals surface area (Å²) in [4.78, 5) is 0. The monoisotopic (exact) mass is 255 g/mol. The van der Waals surface area contributed by atoms with Gasteiger partial charge in [-0.1, -0.05) is 18.1 Å². The van der Waals surface area contributed by atoms with E-state index in [1.165, 1.54) is 0 Å². The van der Waals surface area contributed by atoms with Crippen LogP contribution in [-0.4, -0.2) is 0 Å². The average molecular weight is 255 g/mol. The summed E-state index contributed by atoms with van der Waals surface area (Å²) in [6, 6.07) is 0.536. The van der Waals surface area contributed by atoms with Gasteiger partial charge in [0.05, 0.1) is 6.04 Å². The van der Waals surface area contributed by atoms with E-state index in [0.29, 0.717) is 12.1 Å². The highest BCUT2D eigenvalue weighted by atomic mass is 19.1. The molecule has 1 nitrogen and oxygen atoms in total. The minimum absolute atomic E-state index is 0.232. The van der Waals surface area contributed by atoms with E-state index in [4.69, 9.17) is 5.73 Å². The zero-order valence-corrected chi connectivity index (χ0v) is 10.1. The van der Waals surface area contributed by atoms with Crippen molar-refractivity contribution in [1.29, 1.82) is 0 Å². The van der Waals surface area contributed by atoms with Gasteiger partial charge >= 0.3 is 0 Å². The first-order valence-corrected chi connectivity index (χ1v) is 6.18. The Kier molecular flexibility index (Phi) is 4.07. The molecule has 98 valence electrons. The Labute approximate surface area is 104 Å². The van der Waals surface area contributed by atoms with Gasteiger partial charge in [-0.3, -0.25) is 0 Å².